The van der Waals surface area contributed by atoms with Crippen LogP contribution < -0.4 is 5.32 Å². The van der Waals surface area contributed by atoms with E-state index in [4.69, 9.17) is 4.74 Å². The van der Waals surface area contributed by atoms with Gasteiger partial charge in [-0.05, 0) is 31.5 Å². The number of nitrogens with one attached hydrogen (secondary N) is 1. The summed E-state index contributed by atoms with van der Waals surface area (Å²) in [4.78, 5) is 4.62. The molecule has 0 saturated carbocycles. The summed E-state index contributed by atoms with van der Waals surface area (Å²) in [6.45, 7) is 7.80. The Labute approximate surface area is 130 Å². The van der Waals surface area contributed by atoms with Crippen molar-refractivity contribution in [2.75, 3.05) is 13.2 Å². The highest BCUT2D eigenvalue weighted by atomic mass is 16.5. The molecule has 0 saturated heterocycles. The summed E-state index contributed by atoms with van der Waals surface area (Å²) >= 11 is 0. The lowest BCUT2D eigenvalue weighted by Gasteiger charge is -2.07. The number of pyridine rings is 1. The van der Waals surface area contributed by atoms with Gasteiger partial charge in [-0.15, -0.1) is 0 Å². The van der Waals surface area contributed by atoms with Crippen LogP contribution in [-0.2, 0) is 17.9 Å². The van der Waals surface area contributed by atoms with E-state index in [0.717, 1.165) is 37.5 Å². The van der Waals surface area contributed by atoms with Crippen LogP contribution in [0.2, 0.25) is 0 Å². The van der Waals surface area contributed by atoms with Crippen LogP contribution >= 0.6 is 0 Å². The molecule has 0 fully saturated rings. The smallest absolute Gasteiger partial charge is 0.0887 e. The molecule has 3 nitrogen and oxygen atoms in total. The van der Waals surface area contributed by atoms with E-state index < -0.39 is 0 Å². The van der Waals surface area contributed by atoms with Crippen molar-refractivity contribution in [1.29, 1.82) is 0 Å². The summed E-state index contributed by atoms with van der Waals surface area (Å²) in [7, 11) is 0. The highest BCUT2D eigenvalue weighted by Crippen LogP contribution is 2.06. The first-order valence-corrected chi connectivity index (χ1v) is 8.60. The Morgan fingerprint density at radius 2 is 1.71 bits per heavy atom. The maximum Gasteiger partial charge on any atom is 0.0887 e. The van der Waals surface area contributed by atoms with Crippen LogP contribution in [0.25, 0.3) is 0 Å². The molecule has 0 bridgehead atoms. The van der Waals surface area contributed by atoms with E-state index in [9.17, 15) is 0 Å². The second kappa shape index (κ2) is 12.8. The van der Waals surface area contributed by atoms with E-state index in [0.29, 0.717) is 6.61 Å². The summed E-state index contributed by atoms with van der Waals surface area (Å²) in [5.41, 5.74) is 2.14. The van der Waals surface area contributed by atoms with Gasteiger partial charge >= 0.3 is 0 Å². The van der Waals surface area contributed by atoms with Gasteiger partial charge < -0.3 is 10.1 Å². The number of aromatic nitrogens is 1. The Hall–Kier alpha value is -0.930. The van der Waals surface area contributed by atoms with Gasteiger partial charge in [-0.1, -0.05) is 52.0 Å². The Kier molecular flexibility index (Phi) is 11.0. The number of hydrogen-bond donors (Lipinski definition) is 1. The summed E-state index contributed by atoms with van der Waals surface area (Å²) in [6.07, 6.45) is 8.99. The van der Waals surface area contributed by atoms with Gasteiger partial charge in [0.25, 0.3) is 0 Å². The summed E-state index contributed by atoms with van der Waals surface area (Å²) in [5.74, 6) is 0. The van der Waals surface area contributed by atoms with Crippen LogP contribution in [0, 0.1) is 0 Å². The Bertz CT molecular complexity index is 355. The number of unbranched alkanes of at least 4 members (excludes halogenated alkanes) is 5. The fourth-order valence-electron chi connectivity index (χ4n) is 2.26. The zero-order valence-electron chi connectivity index (χ0n) is 13.9. The Morgan fingerprint density at radius 1 is 0.952 bits per heavy atom. The highest BCUT2D eigenvalue weighted by Gasteiger charge is 1.98. The van der Waals surface area contributed by atoms with Crippen molar-refractivity contribution < 1.29 is 4.74 Å². The summed E-state index contributed by atoms with van der Waals surface area (Å²) in [6, 6.07) is 6.18. The third-order valence-electron chi connectivity index (χ3n) is 3.49. The van der Waals surface area contributed by atoms with E-state index in [2.05, 4.69) is 36.3 Å². The van der Waals surface area contributed by atoms with Crippen molar-refractivity contribution in [3.05, 3.63) is 29.6 Å². The molecule has 1 rings (SSSR count). The minimum Gasteiger partial charge on any atom is -0.375 e. The minimum atomic E-state index is 0.635. The number of ether oxygens (including phenoxy) is 1. The molecular formula is C18H32N2O. The van der Waals surface area contributed by atoms with Gasteiger partial charge in [-0.2, -0.15) is 0 Å². The van der Waals surface area contributed by atoms with Crippen LogP contribution in [0.4, 0.5) is 0 Å². The van der Waals surface area contributed by atoms with E-state index in [1.54, 1.807) is 0 Å². The average molecular weight is 292 g/mol. The van der Waals surface area contributed by atoms with Gasteiger partial charge in [0.05, 0.1) is 18.0 Å². The van der Waals surface area contributed by atoms with Crippen LogP contribution in [-0.4, -0.2) is 18.1 Å². The standard InChI is InChI=1S/C18H32N2O/c1-3-5-6-7-8-9-14-21-16-18-12-10-11-17(20-18)15-19-13-4-2/h10-12,19H,3-9,13-16H2,1-2H3. The molecule has 1 aromatic heterocycles. The van der Waals surface area contributed by atoms with Gasteiger partial charge in [0.1, 0.15) is 0 Å². The molecule has 1 aromatic rings. The number of nitrogens with zero attached hydrogens (tertiary/aromatic N) is 1. The first-order valence-electron chi connectivity index (χ1n) is 8.60. The summed E-state index contributed by atoms with van der Waals surface area (Å²) < 4.78 is 5.72. The molecule has 0 amide bonds. The van der Waals surface area contributed by atoms with E-state index in [1.807, 2.05) is 6.07 Å². The monoisotopic (exact) mass is 292 g/mol. The van der Waals surface area contributed by atoms with Gasteiger partial charge in [0, 0.05) is 13.2 Å². The van der Waals surface area contributed by atoms with Gasteiger partial charge in [0.2, 0.25) is 0 Å². The molecule has 3 heteroatoms. The van der Waals surface area contributed by atoms with E-state index >= 15 is 0 Å². The van der Waals surface area contributed by atoms with E-state index in [-0.39, 0.29) is 0 Å². The first kappa shape index (κ1) is 18.1. The molecule has 1 N–H and O–H groups in total. The second-order valence-electron chi connectivity index (χ2n) is 5.62. The van der Waals surface area contributed by atoms with Crippen molar-refractivity contribution in [2.45, 2.75) is 71.9 Å². The van der Waals surface area contributed by atoms with Gasteiger partial charge in [-0.25, -0.2) is 0 Å². The second-order valence-corrected chi connectivity index (χ2v) is 5.62. The predicted molar refractivity (Wildman–Crippen MR) is 89.3 cm³/mol. The van der Waals surface area contributed by atoms with Crippen molar-refractivity contribution in [3.8, 4) is 0 Å². The SMILES string of the molecule is CCCCCCCCOCc1cccc(CNCCC)n1. The molecular weight excluding hydrogens is 260 g/mol. The largest absolute Gasteiger partial charge is 0.375 e. The van der Waals surface area contributed by atoms with Crippen LogP contribution in [0.15, 0.2) is 18.2 Å². The molecule has 120 valence electrons. The summed E-state index contributed by atoms with van der Waals surface area (Å²) in [5, 5.41) is 3.38. The molecule has 1 heterocycles. The van der Waals surface area contributed by atoms with Crippen LogP contribution in [0.3, 0.4) is 0 Å². The number of hydrogen-bond acceptors (Lipinski definition) is 3. The lowest BCUT2D eigenvalue weighted by atomic mass is 10.1. The zero-order chi connectivity index (χ0) is 15.2. The average Bonchev–Trinajstić information content (AvgIpc) is 2.51. The Balaban J connectivity index is 2.10. The molecule has 0 aliphatic carbocycles. The Morgan fingerprint density at radius 3 is 2.52 bits per heavy atom. The molecule has 0 spiro atoms. The van der Waals surface area contributed by atoms with Crippen LogP contribution in [0.1, 0.15) is 70.2 Å². The molecule has 0 aliphatic rings. The van der Waals surface area contributed by atoms with Crippen molar-refractivity contribution >= 4 is 0 Å². The normalized spacial score (nSPS) is 11.0. The fraction of sp³-hybridized carbons (Fsp3) is 0.722. The lowest BCUT2D eigenvalue weighted by molar-refractivity contribution is 0.114. The van der Waals surface area contributed by atoms with Gasteiger partial charge in [-0.3, -0.25) is 4.98 Å². The molecule has 21 heavy (non-hydrogen) atoms. The fourth-order valence-corrected chi connectivity index (χ4v) is 2.26. The lowest BCUT2D eigenvalue weighted by Crippen LogP contribution is -2.15. The molecule has 0 radical (unpaired) electrons. The van der Waals surface area contributed by atoms with Gasteiger partial charge in [0.15, 0.2) is 0 Å². The first-order chi connectivity index (χ1) is 10.4. The highest BCUT2D eigenvalue weighted by molar-refractivity contribution is 5.10. The van der Waals surface area contributed by atoms with Crippen molar-refractivity contribution in [2.24, 2.45) is 0 Å². The number of rotatable bonds is 13. The quantitative estimate of drug-likeness (QED) is 0.545. The molecule has 0 aliphatic heterocycles. The van der Waals surface area contributed by atoms with Crippen molar-refractivity contribution in [1.82, 2.24) is 10.3 Å². The zero-order valence-corrected chi connectivity index (χ0v) is 13.9. The van der Waals surface area contributed by atoms with E-state index in [1.165, 1.54) is 38.5 Å². The molecule has 0 atom stereocenters. The van der Waals surface area contributed by atoms with Crippen molar-refractivity contribution in [3.63, 3.8) is 0 Å². The molecule has 0 unspecified atom stereocenters. The molecule has 0 aromatic carbocycles. The van der Waals surface area contributed by atoms with Crippen LogP contribution in [0.5, 0.6) is 0 Å². The third kappa shape index (κ3) is 9.59. The maximum absolute atomic E-state index is 5.72. The minimum absolute atomic E-state index is 0.635. The maximum atomic E-state index is 5.72. The topological polar surface area (TPSA) is 34.1 Å². The third-order valence-corrected chi connectivity index (χ3v) is 3.49. The predicted octanol–water partition coefficient (Wildman–Crippen LogP) is 4.46.